The van der Waals surface area contributed by atoms with Crippen molar-refractivity contribution >= 4 is 47.2 Å². The number of carbonyl (C=O) groups excluding carboxylic acids is 2. The smallest absolute Gasteiger partial charge is 0.336 e. The Hall–Kier alpha value is -3.62. The van der Waals surface area contributed by atoms with Gasteiger partial charge < -0.3 is 14.8 Å². The summed E-state index contributed by atoms with van der Waals surface area (Å²) < 4.78 is 5.65. The summed E-state index contributed by atoms with van der Waals surface area (Å²) in [6.07, 6.45) is 1.66. The molecular weight excluding hydrogens is 493 g/mol. The second kappa shape index (κ2) is 11.7. The second-order valence-electron chi connectivity index (χ2n) is 8.07. The zero-order chi connectivity index (χ0) is 25.5. The summed E-state index contributed by atoms with van der Waals surface area (Å²) in [6.45, 7) is 3.84. The number of hydrazone groups is 1. The van der Waals surface area contributed by atoms with Crippen molar-refractivity contribution < 1.29 is 23.9 Å². The van der Waals surface area contributed by atoms with Gasteiger partial charge in [0.1, 0.15) is 17.6 Å². The lowest BCUT2D eigenvalue weighted by Gasteiger charge is -2.19. The number of benzene rings is 2. The van der Waals surface area contributed by atoms with Crippen LogP contribution in [0.4, 0.5) is 0 Å². The first-order valence-electron chi connectivity index (χ1n) is 10.7. The SMILES string of the molecule is CC(C)C[C@H](NC(=O)c1ccc(Cl)cc1Cl)C(=O)N/N=C/c1ccc(-c2ccccc2C(=O)O)o1. The highest BCUT2D eigenvalue weighted by Gasteiger charge is 2.23. The third kappa shape index (κ3) is 6.94. The molecule has 10 heteroatoms. The molecule has 0 aliphatic heterocycles. The molecule has 35 heavy (non-hydrogen) atoms. The molecule has 0 spiro atoms. The van der Waals surface area contributed by atoms with Crippen LogP contribution in [0.1, 0.15) is 46.7 Å². The Labute approximate surface area is 211 Å². The molecule has 0 aliphatic rings. The van der Waals surface area contributed by atoms with Crippen molar-refractivity contribution in [3.63, 3.8) is 0 Å². The van der Waals surface area contributed by atoms with Gasteiger partial charge in [-0.3, -0.25) is 9.59 Å². The van der Waals surface area contributed by atoms with Crippen LogP contribution in [0.5, 0.6) is 0 Å². The van der Waals surface area contributed by atoms with Crippen molar-refractivity contribution in [3.05, 3.63) is 81.5 Å². The largest absolute Gasteiger partial charge is 0.478 e. The van der Waals surface area contributed by atoms with E-state index in [1.807, 2.05) is 13.8 Å². The van der Waals surface area contributed by atoms with E-state index in [1.165, 1.54) is 30.5 Å². The monoisotopic (exact) mass is 515 g/mol. The average molecular weight is 516 g/mol. The van der Waals surface area contributed by atoms with Crippen LogP contribution in [0, 0.1) is 5.92 Å². The lowest BCUT2D eigenvalue weighted by atomic mass is 10.0. The van der Waals surface area contributed by atoms with Gasteiger partial charge in [0.25, 0.3) is 11.8 Å². The van der Waals surface area contributed by atoms with E-state index >= 15 is 0 Å². The summed E-state index contributed by atoms with van der Waals surface area (Å²) in [4.78, 5) is 36.8. The minimum atomic E-state index is -1.07. The van der Waals surface area contributed by atoms with Crippen molar-refractivity contribution in [1.29, 1.82) is 0 Å². The Morgan fingerprint density at radius 1 is 1.06 bits per heavy atom. The number of rotatable bonds is 9. The molecule has 0 saturated carbocycles. The number of nitrogens with zero attached hydrogens (tertiary/aromatic N) is 1. The fourth-order valence-electron chi connectivity index (χ4n) is 3.30. The van der Waals surface area contributed by atoms with E-state index in [9.17, 15) is 19.5 Å². The van der Waals surface area contributed by atoms with Crippen LogP contribution in [0.15, 0.2) is 64.1 Å². The summed E-state index contributed by atoms with van der Waals surface area (Å²) in [6, 6.07) is 13.3. The van der Waals surface area contributed by atoms with Gasteiger partial charge in [-0.25, -0.2) is 10.2 Å². The number of furan rings is 1. The Kier molecular flexibility index (Phi) is 8.68. The molecule has 2 aromatic carbocycles. The summed E-state index contributed by atoms with van der Waals surface area (Å²) in [5, 5.41) is 16.5. The van der Waals surface area contributed by atoms with Gasteiger partial charge in [-0.2, -0.15) is 5.10 Å². The first kappa shape index (κ1) is 26.0. The predicted octanol–water partition coefficient (Wildman–Crippen LogP) is 5.25. The fourth-order valence-corrected chi connectivity index (χ4v) is 3.80. The predicted molar refractivity (Wildman–Crippen MR) is 134 cm³/mol. The van der Waals surface area contributed by atoms with E-state index < -0.39 is 23.8 Å². The average Bonchev–Trinajstić information content (AvgIpc) is 3.27. The van der Waals surface area contributed by atoms with Crippen LogP contribution >= 0.6 is 23.2 Å². The van der Waals surface area contributed by atoms with E-state index in [-0.39, 0.29) is 22.1 Å². The zero-order valence-electron chi connectivity index (χ0n) is 18.9. The minimum Gasteiger partial charge on any atom is -0.478 e. The van der Waals surface area contributed by atoms with E-state index in [4.69, 9.17) is 27.6 Å². The normalized spacial score (nSPS) is 12.0. The third-order valence-corrected chi connectivity index (χ3v) is 5.47. The molecule has 3 N–H and O–H groups in total. The number of carbonyl (C=O) groups is 3. The molecule has 0 aliphatic carbocycles. The molecule has 1 atom stereocenters. The Morgan fingerprint density at radius 3 is 2.49 bits per heavy atom. The molecule has 1 aromatic heterocycles. The van der Waals surface area contributed by atoms with Crippen LogP contribution in [-0.4, -0.2) is 35.1 Å². The molecule has 0 unspecified atom stereocenters. The third-order valence-electron chi connectivity index (χ3n) is 4.92. The topological polar surface area (TPSA) is 121 Å². The second-order valence-corrected chi connectivity index (χ2v) is 8.91. The number of aromatic carboxylic acids is 1. The van der Waals surface area contributed by atoms with Crippen LogP contribution in [0.2, 0.25) is 10.0 Å². The van der Waals surface area contributed by atoms with Crippen molar-refractivity contribution in [2.24, 2.45) is 11.0 Å². The first-order chi connectivity index (χ1) is 16.7. The van der Waals surface area contributed by atoms with Crippen LogP contribution in [0.3, 0.4) is 0 Å². The molecule has 1 heterocycles. The van der Waals surface area contributed by atoms with Gasteiger partial charge in [0.05, 0.1) is 22.4 Å². The standard InChI is InChI=1S/C25H23Cl2N3O5/c1-14(2)11-21(29-23(31)19-9-7-15(26)12-20(19)27)24(32)30-28-13-16-8-10-22(35-16)17-5-3-4-6-18(17)25(33)34/h3-10,12-14,21H,11H2,1-2H3,(H,29,31)(H,30,32)(H,33,34)/b28-13+/t21-/m0/s1. The molecule has 3 aromatic rings. The lowest BCUT2D eigenvalue weighted by Crippen LogP contribution is -2.46. The molecule has 8 nitrogen and oxygen atoms in total. The Morgan fingerprint density at radius 2 is 1.80 bits per heavy atom. The number of halogens is 2. The van der Waals surface area contributed by atoms with Gasteiger partial charge in [0, 0.05) is 10.6 Å². The molecule has 0 bridgehead atoms. The fraction of sp³-hybridized carbons (Fsp3) is 0.200. The summed E-state index contributed by atoms with van der Waals surface area (Å²) in [5.74, 6) is -1.34. The quantitative estimate of drug-likeness (QED) is 0.265. The zero-order valence-corrected chi connectivity index (χ0v) is 20.4. The molecule has 3 rings (SSSR count). The summed E-state index contributed by atoms with van der Waals surface area (Å²) >= 11 is 12.0. The number of amides is 2. The van der Waals surface area contributed by atoms with E-state index in [0.29, 0.717) is 28.5 Å². The molecule has 2 amide bonds. The first-order valence-corrected chi connectivity index (χ1v) is 11.4. The maximum Gasteiger partial charge on any atom is 0.336 e. The number of hydrogen-bond donors (Lipinski definition) is 3. The van der Waals surface area contributed by atoms with E-state index in [0.717, 1.165) is 0 Å². The minimum absolute atomic E-state index is 0.103. The van der Waals surface area contributed by atoms with E-state index in [1.54, 1.807) is 30.3 Å². The van der Waals surface area contributed by atoms with Crippen LogP contribution in [0.25, 0.3) is 11.3 Å². The van der Waals surface area contributed by atoms with Gasteiger partial charge >= 0.3 is 5.97 Å². The van der Waals surface area contributed by atoms with Crippen LogP contribution < -0.4 is 10.7 Å². The highest BCUT2D eigenvalue weighted by molar-refractivity contribution is 6.36. The molecule has 0 saturated heterocycles. The Balaban J connectivity index is 1.68. The van der Waals surface area contributed by atoms with E-state index in [2.05, 4.69) is 15.8 Å². The number of hydrogen-bond acceptors (Lipinski definition) is 5. The van der Waals surface area contributed by atoms with Crippen molar-refractivity contribution in [2.75, 3.05) is 0 Å². The highest BCUT2D eigenvalue weighted by atomic mass is 35.5. The van der Waals surface area contributed by atoms with Crippen molar-refractivity contribution in [1.82, 2.24) is 10.7 Å². The Bertz CT molecular complexity index is 1270. The van der Waals surface area contributed by atoms with Gasteiger partial charge in [0.2, 0.25) is 0 Å². The van der Waals surface area contributed by atoms with Crippen molar-refractivity contribution in [3.8, 4) is 11.3 Å². The highest BCUT2D eigenvalue weighted by Crippen LogP contribution is 2.25. The molecular formula is C25H23Cl2N3O5. The van der Waals surface area contributed by atoms with Crippen LogP contribution in [-0.2, 0) is 4.79 Å². The van der Waals surface area contributed by atoms with Gasteiger partial charge in [-0.05, 0) is 48.7 Å². The number of carboxylic acids is 1. The molecule has 0 radical (unpaired) electrons. The maximum absolute atomic E-state index is 12.7. The molecule has 182 valence electrons. The van der Waals surface area contributed by atoms with Gasteiger partial charge in [0.15, 0.2) is 0 Å². The molecule has 0 fully saturated rings. The van der Waals surface area contributed by atoms with Crippen molar-refractivity contribution in [2.45, 2.75) is 26.3 Å². The van der Waals surface area contributed by atoms with Gasteiger partial charge in [-0.15, -0.1) is 0 Å². The summed E-state index contributed by atoms with van der Waals surface area (Å²) in [7, 11) is 0. The summed E-state index contributed by atoms with van der Waals surface area (Å²) in [5.41, 5.74) is 3.13. The van der Waals surface area contributed by atoms with Gasteiger partial charge in [-0.1, -0.05) is 55.2 Å². The lowest BCUT2D eigenvalue weighted by molar-refractivity contribution is -0.123. The maximum atomic E-state index is 12.7. The number of carboxylic acid groups (broad SMARTS) is 1. The number of nitrogens with one attached hydrogen (secondary N) is 2.